The molecule has 0 saturated heterocycles. The summed E-state index contributed by atoms with van der Waals surface area (Å²) >= 11 is 0. The molecule has 0 unspecified atom stereocenters. The monoisotopic (exact) mass is 919 g/mol. The third-order valence-electron chi connectivity index (χ3n) is 8.48. The van der Waals surface area contributed by atoms with Crippen molar-refractivity contribution in [2.75, 3.05) is 22.9 Å². The first-order valence-electron chi connectivity index (χ1n) is 17.3. The Hall–Kier alpha value is -7.75. The molecule has 0 aliphatic carbocycles. The van der Waals surface area contributed by atoms with Gasteiger partial charge in [-0.15, -0.1) is 15.3 Å². The number of azo groups is 3. The average Bonchev–Trinajstić information content (AvgIpc) is 3.21. The molecule has 6 rings (SSSR count). The highest BCUT2D eigenvalue weighted by molar-refractivity contribution is 7.86. The molecule has 0 aliphatic rings. The second-order valence-corrected chi connectivity index (χ2v) is 17.0. The Labute approximate surface area is 355 Å². The van der Waals surface area contributed by atoms with E-state index >= 15 is 0 Å². The number of nitrogens with zero attached hydrogens (tertiary/aromatic N) is 6. The number of nitrogens with one attached hydrogen (secondary N) is 2. The van der Waals surface area contributed by atoms with E-state index < -0.39 is 90.5 Å². The van der Waals surface area contributed by atoms with Crippen LogP contribution in [0.4, 0.5) is 51.2 Å². The number of benzene rings is 6. The van der Waals surface area contributed by atoms with Gasteiger partial charge in [-0.3, -0.25) is 23.2 Å². The molecule has 0 aliphatic heterocycles. The molecule has 0 heterocycles. The number of carboxylic acid groups (broad SMARTS) is 1. The maximum Gasteiger partial charge on any atom is 0.322 e. The fourth-order valence-electron chi connectivity index (χ4n) is 5.53. The summed E-state index contributed by atoms with van der Waals surface area (Å²) in [5.41, 5.74) is 5.41. The number of fused-ring (bicyclic) bond motifs is 1. The van der Waals surface area contributed by atoms with E-state index in [9.17, 15) is 58.7 Å². The van der Waals surface area contributed by atoms with Crippen LogP contribution in [-0.2, 0) is 35.1 Å². The van der Waals surface area contributed by atoms with Crippen LogP contribution < -0.4 is 16.4 Å². The number of phenolic OH excluding ortho intramolecular Hbond substituents is 2. The number of carboxylic acids is 1. The molecule has 0 fully saturated rings. The summed E-state index contributed by atoms with van der Waals surface area (Å²) < 4.78 is 102. The number of rotatable bonds is 14. The van der Waals surface area contributed by atoms with E-state index in [1.54, 1.807) is 0 Å². The number of nitrogens with two attached hydrogens (primary N) is 1. The molecule has 0 saturated carbocycles. The lowest BCUT2D eigenvalue weighted by atomic mass is 10.0. The number of carbonyl (C=O) groups is 2. The predicted octanol–water partition coefficient (Wildman–Crippen LogP) is 7.57. The van der Waals surface area contributed by atoms with Crippen LogP contribution in [0.25, 0.3) is 10.8 Å². The van der Waals surface area contributed by atoms with Crippen molar-refractivity contribution in [1.82, 2.24) is 0 Å². The first-order valence-corrected chi connectivity index (χ1v) is 21.6. The van der Waals surface area contributed by atoms with E-state index in [0.29, 0.717) is 29.2 Å². The average molecular weight is 920 g/mol. The fraction of sp³-hybridized carbons (Fsp3) is 0.0270. The highest BCUT2D eigenvalue weighted by Gasteiger charge is 2.28. The number of aromatic hydroxyl groups is 2. The van der Waals surface area contributed by atoms with Gasteiger partial charge in [0, 0.05) is 34.5 Å². The van der Waals surface area contributed by atoms with Crippen molar-refractivity contribution >= 4 is 104 Å². The van der Waals surface area contributed by atoms with E-state index in [2.05, 4.69) is 41.3 Å². The van der Waals surface area contributed by atoms with E-state index in [4.69, 9.17) is 10.8 Å². The van der Waals surface area contributed by atoms with Crippen LogP contribution in [0.15, 0.2) is 149 Å². The Kier molecular flexibility index (Phi) is 12.6. The Bertz CT molecular complexity index is 3240. The molecule has 0 atom stereocenters. The number of hydrogen-bond acceptors (Lipinski definition) is 18. The van der Waals surface area contributed by atoms with Crippen LogP contribution >= 0.6 is 0 Å². The molecule has 6 aromatic carbocycles. The van der Waals surface area contributed by atoms with Crippen molar-refractivity contribution in [2.45, 2.75) is 14.7 Å². The van der Waals surface area contributed by atoms with Crippen molar-refractivity contribution in [3.8, 4) is 11.5 Å². The molecule has 0 spiro atoms. The molecule has 0 bridgehead atoms. The van der Waals surface area contributed by atoms with Gasteiger partial charge in [-0.1, -0.05) is 0 Å². The summed E-state index contributed by atoms with van der Waals surface area (Å²) in [6.07, 6.45) is 0. The van der Waals surface area contributed by atoms with E-state index in [0.717, 1.165) is 24.3 Å². The third-order valence-corrected chi connectivity index (χ3v) is 11.1. The van der Waals surface area contributed by atoms with E-state index in [1.165, 1.54) is 66.7 Å². The van der Waals surface area contributed by atoms with Gasteiger partial charge in [0.2, 0.25) is 0 Å². The molecule has 10 N–H and O–H groups in total. The van der Waals surface area contributed by atoms with Gasteiger partial charge in [0.1, 0.15) is 44.9 Å². The lowest BCUT2D eigenvalue weighted by Crippen LogP contribution is -2.11. The summed E-state index contributed by atoms with van der Waals surface area (Å²) in [4.78, 5) is 21.1. The zero-order valence-corrected chi connectivity index (χ0v) is 33.9. The summed E-state index contributed by atoms with van der Waals surface area (Å²) in [6, 6.07) is 21.0. The highest BCUT2D eigenvalue weighted by atomic mass is 32.2. The number of carbonyl (C=O) groups excluding carboxylic acids is 1. The topological polar surface area (TPSA) is 382 Å². The van der Waals surface area contributed by atoms with Crippen molar-refractivity contribution in [3.05, 3.63) is 109 Å². The first kappa shape index (κ1) is 44.8. The minimum atomic E-state index is -5.26. The van der Waals surface area contributed by atoms with Crippen LogP contribution in [0.3, 0.4) is 0 Å². The van der Waals surface area contributed by atoms with Crippen LogP contribution in [0.5, 0.6) is 11.5 Å². The van der Waals surface area contributed by atoms with E-state index in [-0.39, 0.29) is 34.9 Å². The molecule has 0 radical (unpaired) electrons. The molecule has 26 heteroatoms. The highest BCUT2D eigenvalue weighted by Crippen LogP contribution is 2.48. The Morgan fingerprint density at radius 1 is 0.571 bits per heavy atom. The second-order valence-electron chi connectivity index (χ2n) is 12.8. The van der Waals surface area contributed by atoms with Crippen LogP contribution in [0.1, 0.15) is 10.4 Å². The molecular weight excluding hydrogens is 891 g/mol. The largest absolute Gasteiger partial charge is 0.507 e. The van der Waals surface area contributed by atoms with Crippen LogP contribution in [0.2, 0.25) is 0 Å². The van der Waals surface area contributed by atoms with Gasteiger partial charge >= 0.3 is 5.97 Å². The summed E-state index contributed by atoms with van der Waals surface area (Å²) in [5, 5.41) is 57.5. The quantitative estimate of drug-likeness (QED) is 0.0289. The zero-order valence-electron chi connectivity index (χ0n) is 31.5. The van der Waals surface area contributed by atoms with E-state index in [1.807, 2.05) is 0 Å². The van der Waals surface area contributed by atoms with Crippen molar-refractivity contribution < 1.29 is 63.8 Å². The second kappa shape index (κ2) is 17.7. The van der Waals surface area contributed by atoms with Gasteiger partial charge in [-0.2, -0.15) is 40.6 Å². The van der Waals surface area contributed by atoms with Crippen molar-refractivity contribution in [1.29, 1.82) is 0 Å². The summed E-state index contributed by atoms with van der Waals surface area (Å²) in [5.74, 6) is -2.78. The molecule has 6 aromatic rings. The van der Waals surface area contributed by atoms with Gasteiger partial charge in [0.25, 0.3) is 36.3 Å². The minimum Gasteiger partial charge on any atom is -0.507 e. The molecule has 63 heavy (non-hydrogen) atoms. The fourth-order valence-corrected chi connectivity index (χ4v) is 7.33. The predicted molar refractivity (Wildman–Crippen MR) is 224 cm³/mol. The lowest BCUT2D eigenvalue weighted by molar-refractivity contribution is -0.134. The van der Waals surface area contributed by atoms with Crippen LogP contribution in [0, 0.1) is 0 Å². The van der Waals surface area contributed by atoms with Gasteiger partial charge < -0.3 is 31.7 Å². The minimum absolute atomic E-state index is 0.0414. The maximum absolute atomic E-state index is 13.0. The SMILES string of the molecule is Nc1c(N=Nc2ccc(C(=O)Nc3ccc(N=Nc4ccc(NCC(=O)O)cc4O)cc3)cc2)c(S(=O)(=O)O)cc2c(N=Nc3ccc(S(=O)(=O)O)cc3)c(S(=O)(=O)O)cc(O)c12. The number of amides is 1. The molecule has 23 nitrogen and oxygen atoms in total. The number of anilines is 3. The van der Waals surface area contributed by atoms with Crippen LogP contribution in [-0.4, -0.2) is 72.7 Å². The van der Waals surface area contributed by atoms with Gasteiger partial charge in [0.15, 0.2) is 0 Å². The normalized spacial score (nSPS) is 12.4. The number of aliphatic carboxylic acids is 1. The van der Waals surface area contributed by atoms with Gasteiger partial charge in [-0.05, 0) is 91.0 Å². The lowest BCUT2D eigenvalue weighted by Gasteiger charge is -2.14. The Morgan fingerprint density at radius 2 is 1.08 bits per heavy atom. The standard InChI is InChI=1S/C37H29N9O14S3/c38-34-33-26(35(31(17-29(33)48)63(58,59)60)45-42-23-9-12-25(13-10-23)61(52,53)54)16-30(62(55,56)57)36(34)46-43-21-3-1-19(2-4-21)37(51)40-20-5-7-22(8-6-20)41-44-27-14-11-24(15-28(27)47)39-18-32(49)50/h1-17,39,47-48H,18,38H2,(H,40,51)(H,49,50)(H,52,53,54)(H,55,56,57)(H,58,59,60). The van der Waals surface area contributed by atoms with Gasteiger partial charge in [-0.25, -0.2) is 0 Å². The number of phenols is 2. The molecule has 0 aromatic heterocycles. The maximum atomic E-state index is 13.0. The Balaban J connectivity index is 1.23. The zero-order chi connectivity index (χ0) is 45.9. The summed E-state index contributed by atoms with van der Waals surface area (Å²) in [6.45, 7) is -0.345. The number of nitrogen functional groups attached to an aromatic ring is 1. The molecule has 1 amide bonds. The first-order chi connectivity index (χ1) is 29.6. The number of hydrogen-bond donors (Lipinski definition) is 9. The molecule has 324 valence electrons. The van der Waals surface area contributed by atoms with Crippen molar-refractivity contribution in [2.24, 2.45) is 30.7 Å². The van der Waals surface area contributed by atoms with Gasteiger partial charge in [0.05, 0.1) is 33.0 Å². The van der Waals surface area contributed by atoms with Crippen molar-refractivity contribution in [3.63, 3.8) is 0 Å². The molecular formula is C37H29N9O14S3. The Morgan fingerprint density at radius 3 is 1.62 bits per heavy atom. The third kappa shape index (κ3) is 10.8. The summed E-state index contributed by atoms with van der Waals surface area (Å²) in [7, 11) is -15.1. The smallest absolute Gasteiger partial charge is 0.322 e.